The van der Waals surface area contributed by atoms with Crippen LogP contribution >= 0.6 is 0 Å². The molecule has 1 aromatic rings. The summed E-state index contributed by atoms with van der Waals surface area (Å²) in [4.78, 5) is 28.8. The molecule has 1 aliphatic rings. The Kier molecular flexibility index (Phi) is 7.06. The molecule has 0 spiro atoms. The van der Waals surface area contributed by atoms with Crippen LogP contribution in [0.1, 0.15) is 47.6 Å². The molecule has 0 unspecified atom stereocenters. The third-order valence-corrected chi connectivity index (χ3v) is 5.51. The molecule has 1 saturated heterocycles. The molecule has 2 rings (SSSR count). The van der Waals surface area contributed by atoms with Gasteiger partial charge in [-0.3, -0.25) is 4.79 Å². The lowest BCUT2D eigenvalue weighted by Crippen LogP contribution is -2.43. The van der Waals surface area contributed by atoms with Gasteiger partial charge in [0.15, 0.2) is 0 Å². The van der Waals surface area contributed by atoms with Gasteiger partial charge < -0.3 is 15.1 Å². The number of hydrogen-bond donors (Lipinski definition) is 1. The van der Waals surface area contributed by atoms with Gasteiger partial charge in [0.1, 0.15) is 0 Å². The van der Waals surface area contributed by atoms with Gasteiger partial charge in [0.2, 0.25) is 5.91 Å². The number of carbonyl (C=O) groups excluding carboxylic acids is 2. The van der Waals surface area contributed by atoms with Crippen molar-refractivity contribution < 1.29 is 9.59 Å². The topological polar surface area (TPSA) is 52.7 Å². The van der Waals surface area contributed by atoms with Crippen LogP contribution in [0.5, 0.6) is 0 Å². The van der Waals surface area contributed by atoms with E-state index in [1.165, 1.54) is 22.3 Å². The minimum atomic E-state index is -0.0119. The molecule has 26 heavy (non-hydrogen) atoms. The van der Waals surface area contributed by atoms with Gasteiger partial charge in [-0.15, -0.1) is 0 Å². The van der Waals surface area contributed by atoms with Crippen molar-refractivity contribution in [2.75, 3.05) is 32.7 Å². The van der Waals surface area contributed by atoms with Crippen LogP contribution in [0.4, 0.5) is 4.79 Å². The zero-order chi connectivity index (χ0) is 19.3. The van der Waals surface area contributed by atoms with Gasteiger partial charge in [-0.2, -0.15) is 0 Å². The average Bonchev–Trinajstić information content (AvgIpc) is 2.87. The van der Waals surface area contributed by atoms with Crippen LogP contribution in [0.2, 0.25) is 0 Å². The molecule has 1 fully saturated rings. The van der Waals surface area contributed by atoms with Crippen LogP contribution in [-0.2, 0) is 11.2 Å². The minimum absolute atomic E-state index is 0.0119. The fourth-order valence-corrected chi connectivity index (χ4v) is 3.54. The summed E-state index contributed by atoms with van der Waals surface area (Å²) in [7, 11) is 0. The van der Waals surface area contributed by atoms with Gasteiger partial charge in [-0.25, -0.2) is 4.79 Å². The van der Waals surface area contributed by atoms with Crippen molar-refractivity contribution in [2.45, 2.75) is 53.9 Å². The first kappa shape index (κ1) is 20.3. The first-order valence-corrected chi connectivity index (χ1v) is 9.72. The quantitative estimate of drug-likeness (QED) is 0.898. The first-order chi connectivity index (χ1) is 12.3. The Morgan fingerprint density at radius 2 is 1.54 bits per heavy atom. The summed E-state index contributed by atoms with van der Waals surface area (Å²) in [6.45, 7) is 13.8. The third-order valence-electron chi connectivity index (χ3n) is 5.51. The summed E-state index contributed by atoms with van der Waals surface area (Å²) in [6.07, 6.45) is 2.21. The van der Waals surface area contributed by atoms with Crippen molar-refractivity contribution in [1.82, 2.24) is 15.1 Å². The number of urea groups is 1. The molecule has 0 aromatic heterocycles. The largest absolute Gasteiger partial charge is 0.341 e. The van der Waals surface area contributed by atoms with E-state index in [4.69, 9.17) is 0 Å². The summed E-state index contributed by atoms with van der Waals surface area (Å²) in [5.74, 6) is 0.164. The van der Waals surface area contributed by atoms with E-state index in [1.54, 1.807) is 0 Å². The maximum absolute atomic E-state index is 12.9. The van der Waals surface area contributed by atoms with Gasteiger partial charge in [0.05, 0.1) is 6.42 Å². The highest BCUT2D eigenvalue weighted by Crippen LogP contribution is 2.23. The molecule has 0 saturated carbocycles. The lowest BCUT2D eigenvalue weighted by molar-refractivity contribution is -0.130. The molecule has 5 nitrogen and oxygen atoms in total. The van der Waals surface area contributed by atoms with E-state index in [-0.39, 0.29) is 11.9 Å². The maximum atomic E-state index is 12.9. The summed E-state index contributed by atoms with van der Waals surface area (Å²) in [5, 5.41) is 2.92. The van der Waals surface area contributed by atoms with Crippen molar-refractivity contribution in [3.05, 3.63) is 33.9 Å². The van der Waals surface area contributed by atoms with Crippen LogP contribution < -0.4 is 5.32 Å². The van der Waals surface area contributed by atoms with Crippen LogP contribution in [0, 0.1) is 27.7 Å². The van der Waals surface area contributed by atoms with E-state index >= 15 is 0 Å². The molecule has 0 bridgehead atoms. The number of nitrogens with one attached hydrogen (secondary N) is 1. The van der Waals surface area contributed by atoms with Crippen LogP contribution in [0.25, 0.3) is 0 Å². The van der Waals surface area contributed by atoms with E-state index < -0.39 is 0 Å². The number of nitrogens with zero attached hydrogens (tertiary/aromatic N) is 2. The molecule has 3 amide bonds. The number of carbonyl (C=O) groups is 2. The van der Waals surface area contributed by atoms with Crippen LogP contribution in [-0.4, -0.2) is 54.5 Å². The van der Waals surface area contributed by atoms with Crippen LogP contribution in [0.3, 0.4) is 0 Å². The summed E-state index contributed by atoms with van der Waals surface area (Å²) in [5.41, 5.74) is 6.08. The van der Waals surface area contributed by atoms with E-state index in [9.17, 15) is 9.59 Å². The predicted molar refractivity (Wildman–Crippen MR) is 106 cm³/mol. The Morgan fingerprint density at radius 1 is 0.962 bits per heavy atom. The van der Waals surface area contributed by atoms with Gasteiger partial charge in [-0.1, -0.05) is 13.0 Å². The molecule has 1 heterocycles. The molecule has 1 N–H and O–H groups in total. The Hall–Kier alpha value is -2.04. The van der Waals surface area contributed by atoms with Gasteiger partial charge >= 0.3 is 6.03 Å². The number of hydrogen-bond acceptors (Lipinski definition) is 2. The highest BCUT2D eigenvalue weighted by Gasteiger charge is 2.23. The summed E-state index contributed by atoms with van der Waals surface area (Å²) < 4.78 is 0. The Bertz CT molecular complexity index is 643. The zero-order valence-corrected chi connectivity index (χ0v) is 16.9. The van der Waals surface area contributed by atoms with E-state index in [0.717, 1.165) is 24.9 Å². The standard InChI is InChI=1S/C21H33N3O2/c1-6-8-22-21(26)24-10-7-9-23(11-12-24)20(25)14-19-17(4)15(2)13-16(3)18(19)5/h13H,6-12,14H2,1-5H3,(H,22,26). The van der Waals surface area contributed by atoms with Crippen molar-refractivity contribution in [3.8, 4) is 0 Å². The molecule has 0 aliphatic carbocycles. The van der Waals surface area contributed by atoms with Crippen molar-refractivity contribution in [1.29, 1.82) is 0 Å². The number of amides is 3. The van der Waals surface area contributed by atoms with Gasteiger partial charge in [-0.05, 0) is 68.4 Å². The predicted octanol–water partition coefficient (Wildman–Crippen LogP) is 3.12. The normalized spacial score (nSPS) is 15.0. The summed E-state index contributed by atoms with van der Waals surface area (Å²) in [6, 6.07) is 2.18. The van der Waals surface area contributed by atoms with Crippen LogP contribution in [0.15, 0.2) is 6.07 Å². The van der Waals surface area contributed by atoms with Crippen molar-refractivity contribution >= 4 is 11.9 Å². The zero-order valence-electron chi connectivity index (χ0n) is 16.9. The SMILES string of the molecule is CCCNC(=O)N1CCCN(C(=O)Cc2c(C)c(C)cc(C)c2C)CC1. The number of benzene rings is 1. The monoisotopic (exact) mass is 359 g/mol. The number of rotatable bonds is 4. The molecule has 144 valence electrons. The van der Waals surface area contributed by atoms with Crippen molar-refractivity contribution in [3.63, 3.8) is 0 Å². The fourth-order valence-electron chi connectivity index (χ4n) is 3.54. The smallest absolute Gasteiger partial charge is 0.317 e. The third kappa shape index (κ3) is 4.77. The fraction of sp³-hybridized carbons (Fsp3) is 0.619. The van der Waals surface area contributed by atoms with E-state index in [0.29, 0.717) is 32.6 Å². The molecule has 5 heteroatoms. The van der Waals surface area contributed by atoms with Gasteiger partial charge in [0, 0.05) is 32.7 Å². The van der Waals surface area contributed by atoms with E-state index in [1.807, 2.05) is 16.7 Å². The Labute approximate surface area is 157 Å². The second kappa shape index (κ2) is 9.06. The lowest BCUT2D eigenvalue weighted by Gasteiger charge is -2.23. The molecule has 0 atom stereocenters. The summed E-state index contributed by atoms with van der Waals surface area (Å²) >= 11 is 0. The highest BCUT2D eigenvalue weighted by atomic mass is 16.2. The maximum Gasteiger partial charge on any atom is 0.317 e. The second-order valence-corrected chi connectivity index (χ2v) is 7.37. The minimum Gasteiger partial charge on any atom is -0.341 e. The number of aryl methyl sites for hydroxylation is 2. The Morgan fingerprint density at radius 3 is 2.15 bits per heavy atom. The molecule has 1 aromatic carbocycles. The van der Waals surface area contributed by atoms with Gasteiger partial charge in [0.25, 0.3) is 0 Å². The average molecular weight is 360 g/mol. The second-order valence-electron chi connectivity index (χ2n) is 7.37. The molecular formula is C21H33N3O2. The molecule has 1 aliphatic heterocycles. The lowest BCUT2D eigenvalue weighted by atomic mass is 9.92. The highest BCUT2D eigenvalue weighted by molar-refractivity contribution is 5.80. The molecular weight excluding hydrogens is 326 g/mol. The first-order valence-electron chi connectivity index (χ1n) is 9.72. The molecule has 0 radical (unpaired) electrons. The Balaban J connectivity index is 2.02. The van der Waals surface area contributed by atoms with E-state index in [2.05, 4.69) is 39.1 Å². The van der Waals surface area contributed by atoms with Crippen molar-refractivity contribution in [2.24, 2.45) is 0 Å².